The van der Waals surface area contributed by atoms with Crippen molar-refractivity contribution in [2.45, 2.75) is 51.9 Å². The zero-order valence-electron chi connectivity index (χ0n) is 16.7. The van der Waals surface area contributed by atoms with Crippen molar-refractivity contribution in [2.75, 3.05) is 6.54 Å². The van der Waals surface area contributed by atoms with Gasteiger partial charge in [-0.1, -0.05) is 18.0 Å². The number of amides is 1. The van der Waals surface area contributed by atoms with Gasteiger partial charge in [-0.2, -0.15) is 10.2 Å². The monoisotopic (exact) mass is 411 g/mol. The number of aromatic amines is 1. The molecule has 0 fully saturated rings. The van der Waals surface area contributed by atoms with Crippen LogP contribution in [0, 0.1) is 6.92 Å². The number of benzene rings is 1. The largest absolute Gasteiger partial charge is 0.351 e. The van der Waals surface area contributed by atoms with E-state index < -0.39 is 0 Å². The Bertz CT molecular complexity index is 989. The summed E-state index contributed by atoms with van der Waals surface area (Å²) in [6, 6.07) is 7.63. The Hall–Kier alpha value is -2.60. The molecule has 2 N–H and O–H groups in total. The minimum absolute atomic E-state index is 0.0835. The van der Waals surface area contributed by atoms with E-state index in [0.717, 1.165) is 61.2 Å². The maximum absolute atomic E-state index is 12.9. The van der Waals surface area contributed by atoms with Crippen molar-refractivity contribution in [1.82, 2.24) is 25.3 Å². The Morgan fingerprint density at radius 1 is 1.21 bits per heavy atom. The summed E-state index contributed by atoms with van der Waals surface area (Å²) in [5, 5.41) is 15.5. The number of fused-ring (bicyclic) bond motifs is 1. The van der Waals surface area contributed by atoms with Gasteiger partial charge in [0.1, 0.15) is 0 Å². The molecule has 0 unspecified atom stereocenters. The zero-order valence-corrected chi connectivity index (χ0v) is 17.4. The van der Waals surface area contributed by atoms with E-state index in [9.17, 15) is 4.79 Å². The van der Waals surface area contributed by atoms with E-state index in [0.29, 0.717) is 17.3 Å². The Labute approximate surface area is 175 Å². The molecular weight excluding hydrogens is 386 g/mol. The molecule has 0 saturated heterocycles. The van der Waals surface area contributed by atoms with Crippen LogP contribution in [0.3, 0.4) is 0 Å². The van der Waals surface area contributed by atoms with Crippen molar-refractivity contribution in [1.29, 1.82) is 0 Å². The van der Waals surface area contributed by atoms with Crippen LogP contribution in [0.1, 0.15) is 58.7 Å². The summed E-state index contributed by atoms with van der Waals surface area (Å²) in [5.41, 5.74) is 6.05. The fourth-order valence-electron chi connectivity index (χ4n) is 3.95. The van der Waals surface area contributed by atoms with Crippen molar-refractivity contribution < 1.29 is 4.79 Å². The van der Waals surface area contributed by atoms with Crippen LogP contribution < -0.4 is 5.32 Å². The number of hydrogen-bond donors (Lipinski definition) is 2. The van der Waals surface area contributed by atoms with Gasteiger partial charge in [-0.15, -0.1) is 0 Å². The highest BCUT2D eigenvalue weighted by atomic mass is 35.5. The van der Waals surface area contributed by atoms with Gasteiger partial charge in [0.05, 0.1) is 11.9 Å². The average Bonchev–Trinajstić information content (AvgIpc) is 3.20. The molecule has 7 heteroatoms. The fourth-order valence-corrected chi connectivity index (χ4v) is 4.07. The van der Waals surface area contributed by atoms with Crippen LogP contribution >= 0.6 is 11.6 Å². The molecule has 29 heavy (non-hydrogen) atoms. The number of halogens is 1. The van der Waals surface area contributed by atoms with Gasteiger partial charge in [-0.3, -0.25) is 9.89 Å². The van der Waals surface area contributed by atoms with Crippen molar-refractivity contribution in [3.63, 3.8) is 0 Å². The zero-order chi connectivity index (χ0) is 20.2. The number of carbonyl (C=O) groups excluding carboxylic acids is 1. The van der Waals surface area contributed by atoms with E-state index in [2.05, 4.69) is 15.5 Å². The summed E-state index contributed by atoms with van der Waals surface area (Å²) in [6.07, 6.45) is 8.85. The molecule has 3 aromatic rings. The first kappa shape index (κ1) is 19.7. The van der Waals surface area contributed by atoms with Crippen LogP contribution in [0.25, 0.3) is 5.69 Å². The lowest BCUT2D eigenvalue weighted by molar-refractivity contribution is 0.0947. The minimum Gasteiger partial charge on any atom is -0.351 e. The average molecular weight is 412 g/mol. The molecule has 1 aromatic carbocycles. The summed E-state index contributed by atoms with van der Waals surface area (Å²) in [7, 11) is 0. The molecule has 1 aliphatic carbocycles. The molecule has 0 saturated carbocycles. The van der Waals surface area contributed by atoms with Crippen LogP contribution in [0.5, 0.6) is 0 Å². The third-order valence-corrected chi connectivity index (χ3v) is 5.81. The highest BCUT2D eigenvalue weighted by molar-refractivity contribution is 6.30. The van der Waals surface area contributed by atoms with E-state index in [-0.39, 0.29) is 5.91 Å². The highest BCUT2D eigenvalue weighted by Gasteiger charge is 2.24. The number of rotatable bonds is 6. The Morgan fingerprint density at radius 3 is 2.76 bits per heavy atom. The summed E-state index contributed by atoms with van der Waals surface area (Å²) in [5.74, 6) is -0.0835. The Morgan fingerprint density at radius 2 is 2.00 bits per heavy atom. The van der Waals surface area contributed by atoms with Gasteiger partial charge in [0, 0.05) is 28.5 Å². The number of nitrogens with zero attached hydrogens (tertiary/aromatic N) is 3. The van der Waals surface area contributed by atoms with Gasteiger partial charge in [0.25, 0.3) is 5.91 Å². The lowest BCUT2D eigenvalue weighted by atomic mass is 10.1. The van der Waals surface area contributed by atoms with E-state index in [1.165, 1.54) is 12.0 Å². The predicted octanol–water partition coefficient (Wildman–Crippen LogP) is 4.19. The third kappa shape index (κ3) is 4.37. The number of carbonyl (C=O) groups is 1. The first-order valence-corrected chi connectivity index (χ1v) is 10.6. The molecule has 6 nitrogen and oxygen atoms in total. The summed E-state index contributed by atoms with van der Waals surface area (Å²) in [6.45, 7) is 2.63. The molecule has 0 bridgehead atoms. The van der Waals surface area contributed by atoms with Crippen molar-refractivity contribution in [2.24, 2.45) is 0 Å². The standard InChI is InChI=1S/C22H26ClN5O/c1-15-16(14-25-26-15)6-5-13-24-22(29)21-19-7-3-2-4-8-20(19)28(27-21)18-11-9-17(23)10-12-18/h9-12,14H,2-8,13H2,1H3,(H,24,29)(H,25,26). The van der Waals surface area contributed by atoms with Crippen molar-refractivity contribution >= 4 is 17.5 Å². The summed E-state index contributed by atoms with van der Waals surface area (Å²) < 4.78 is 1.93. The summed E-state index contributed by atoms with van der Waals surface area (Å²) in [4.78, 5) is 12.9. The normalized spacial score (nSPS) is 13.7. The number of H-pyrrole nitrogens is 1. The lowest BCUT2D eigenvalue weighted by Crippen LogP contribution is -2.26. The van der Waals surface area contributed by atoms with Gasteiger partial charge in [-0.25, -0.2) is 4.68 Å². The first-order valence-electron chi connectivity index (χ1n) is 10.3. The van der Waals surface area contributed by atoms with Crippen LogP contribution in [-0.4, -0.2) is 32.4 Å². The van der Waals surface area contributed by atoms with Gasteiger partial charge >= 0.3 is 0 Å². The number of hydrogen-bond acceptors (Lipinski definition) is 3. The first-order chi connectivity index (χ1) is 14.1. The summed E-state index contributed by atoms with van der Waals surface area (Å²) >= 11 is 6.04. The Balaban J connectivity index is 1.50. The topological polar surface area (TPSA) is 75.6 Å². The number of nitrogens with one attached hydrogen (secondary N) is 2. The molecule has 2 heterocycles. The van der Waals surface area contributed by atoms with E-state index in [4.69, 9.17) is 16.7 Å². The van der Waals surface area contributed by atoms with Gasteiger partial charge in [0.2, 0.25) is 0 Å². The molecule has 0 radical (unpaired) electrons. The van der Waals surface area contributed by atoms with E-state index in [1.807, 2.05) is 42.1 Å². The van der Waals surface area contributed by atoms with Crippen LogP contribution in [0.2, 0.25) is 5.02 Å². The Kier molecular flexibility index (Phi) is 6.00. The molecule has 152 valence electrons. The highest BCUT2D eigenvalue weighted by Crippen LogP contribution is 2.27. The van der Waals surface area contributed by atoms with Gasteiger partial charge < -0.3 is 5.32 Å². The molecule has 1 aliphatic rings. The van der Waals surface area contributed by atoms with Gasteiger partial charge in [-0.05, 0) is 75.3 Å². The van der Waals surface area contributed by atoms with Crippen LogP contribution in [0.4, 0.5) is 0 Å². The molecule has 0 aliphatic heterocycles. The molecule has 0 spiro atoms. The molecule has 4 rings (SSSR count). The second-order valence-electron chi connectivity index (χ2n) is 7.60. The van der Waals surface area contributed by atoms with Crippen LogP contribution in [0.15, 0.2) is 30.5 Å². The molecule has 2 aromatic heterocycles. The lowest BCUT2D eigenvalue weighted by Gasteiger charge is -2.07. The predicted molar refractivity (Wildman–Crippen MR) is 114 cm³/mol. The second-order valence-corrected chi connectivity index (χ2v) is 8.04. The van der Waals surface area contributed by atoms with E-state index in [1.54, 1.807) is 0 Å². The second kappa shape index (κ2) is 8.82. The molecule has 0 atom stereocenters. The quantitative estimate of drug-likeness (QED) is 0.471. The maximum atomic E-state index is 12.9. The smallest absolute Gasteiger partial charge is 0.272 e. The van der Waals surface area contributed by atoms with E-state index >= 15 is 0 Å². The van der Waals surface area contributed by atoms with Crippen molar-refractivity contribution in [3.05, 3.63) is 63.7 Å². The minimum atomic E-state index is -0.0835. The fraction of sp³-hybridized carbons (Fsp3) is 0.409. The van der Waals surface area contributed by atoms with Crippen molar-refractivity contribution in [3.8, 4) is 5.69 Å². The number of aryl methyl sites for hydroxylation is 2. The SMILES string of the molecule is Cc1[nH]ncc1CCCNC(=O)c1nn(-c2ccc(Cl)cc2)c2c1CCCCC2. The maximum Gasteiger partial charge on any atom is 0.272 e. The molecular formula is C22H26ClN5O. The van der Waals surface area contributed by atoms with Gasteiger partial charge in [0.15, 0.2) is 5.69 Å². The third-order valence-electron chi connectivity index (χ3n) is 5.56. The number of aromatic nitrogens is 4. The molecule has 1 amide bonds. The van der Waals surface area contributed by atoms with Crippen LogP contribution in [-0.2, 0) is 19.3 Å².